The molecular formula is C30H42N4O5. The molecule has 0 spiro atoms. The number of ether oxygens (including phenoxy) is 1. The third-order valence-electron chi connectivity index (χ3n) is 7.88. The average Bonchev–Trinajstić information content (AvgIpc) is 2.95. The van der Waals surface area contributed by atoms with Crippen molar-refractivity contribution in [2.24, 2.45) is 0 Å². The molecular weight excluding hydrogens is 496 g/mol. The number of carbonyl (C=O) groups is 2. The van der Waals surface area contributed by atoms with Crippen molar-refractivity contribution >= 4 is 23.3 Å². The number of aliphatic hydroxyl groups is 1. The van der Waals surface area contributed by atoms with Gasteiger partial charge in [-0.1, -0.05) is 6.07 Å². The number of aliphatic carboxylic acids is 1. The Kier molecular flexibility index (Phi) is 9.83. The van der Waals surface area contributed by atoms with Gasteiger partial charge in [0, 0.05) is 62.2 Å². The molecule has 5 rings (SSSR count). The van der Waals surface area contributed by atoms with E-state index < -0.39 is 12.1 Å². The summed E-state index contributed by atoms with van der Waals surface area (Å²) in [5.74, 6) is -1.15. The fourth-order valence-corrected chi connectivity index (χ4v) is 5.42. The van der Waals surface area contributed by atoms with E-state index in [1.807, 2.05) is 12.1 Å². The van der Waals surface area contributed by atoms with Crippen molar-refractivity contribution in [1.82, 2.24) is 10.2 Å². The van der Waals surface area contributed by atoms with Crippen LogP contribution >= 0.6 is 0 Å². The topological polar surface area (TPSA) is 106 Å². The molecule has 2 saturated heterocycles. The SMILES string of the molecule is C[C@H](O)C(=O)O.Cc1ccc(N2CCN(C)CC2)c2c1CC[C@@H](NC(=O)c1ccc(N3CCOCC3)cc1)C2. The summed E-state index contributed by atoms with van der Waals surface area (Å²) >= 11 is 0. The van der Waals surface area contributed by atoms with E-state index in [4.69, 9.17) is 14.9 Å². The van der Waals surface area contributed by atoms with Crippen LogP contribution in [0.3, 0.4) is 0 Å². The summed E-state index contributed by atoms with van der Waals surface area (Å²) in [6, 6.07) is 12.8. The van der Waals surface area contributed by atoms with Gasteiger partial charge in [0.15, 0.2) is 0 Å². The first-order valence-electron chi connectivity index (χ1n) is 13.9. The van der Waals surface area contributed by atoms with Crippen LogP contribution in [0.1, 0.15) is 40.4 Å². The molecule has 2 heterocycles. The highest BCUT2D eigenvalue weighted by atomic mass is 16.5. The Bertz CT molecular complexity index is 1120. The van der Waals surface area contributed by atoms with Crippen LogP contribution < -0.4 is 15.1 Å². The number of hydrogen-bond acceptors (Lipinski definition) is 7. The fourth-order valence-electron chi connectivity index (χ4n) is 5.42. The number of aryl methyl sites for hydroxylation is 1. The first-order chi connectivity index (χ1) is 18.7. The van der Waals surface area contributed by atoms with Gasteiger partial charge in [0.2, 0.25) is 0 Å². The van der Waals surface area contributed by atoms with E-state index in [1.165, 1.54) is 29.3 Å². The minimum Gasteiger partial charge on any atom is -0.479 e. The molecule has 3 N–H and O–H groups in total. The highest BCUT2D eigenvalue weighted by molar-refractivity contribution is 5.94. The lowest BCUT2D eigenvalue weighted by molar-refractivity contribution is -0.145. The van der Waals surface area contributed by atoms with E-state index >= 15 is 0 Å². The first-order valence-corrected chi connectivity index (χ1v) is 13.9. The number of nitrogens with one attached hydrogen (secondary N) is 1. The van der Waals surface area contributed by atoms with E-state index in [-0.39, 0.29) is 11.9 Å². The number of likely N-dealkylation sites (N-methyl/N-ethyl adjacent to an activating group) is 1. The predicted molar refractivity (Wildman–Crippen MR) is 153 cm³/mol. The van der Waals surface area contributed by atoms with Gasteiger partial charge in [-0.05, 0) is 87.2 Å². The van der Waals surface area contributed by atoms with Crippen LogP contribution in [0, 0.1) is 6.92 Å². The zero-order chi connectivity index (χ0) is 27.9. The van der Waals surface area contributed by atoms with Gasteiger partial charge in [-0.25, -0.2) is 4.79 Å². The molecule has 3 aliphatic rings. The van der Waals surface area contributed by atoms with Gasteiger partial charge < -0.3 is 35.0 Å². The number of hydrogen-bond donors (Lipinski definition) is 3. The molecule has 2 atom stereocenters. The lowest BCUT2D eigenvalue weighted by Gasteiger charge is -2.37. The van der Waals surface area contributed by atoms with Gasteiger partial charge >= 0.3 is 5.97 Å². The summed E-state index contributed by atoms with van der Waals surface area (Å²) in [5.41, 5.74) is 7.59. The van der Waals surface area contributed by atoms with Crippen LogP contribution in [0.4, 0.5) is 11.4 Å². The number of nitrogens with zero attached hydrogens (tertiary/aromatic N) is 3. The molecule has 0 saturated carbocycles. The van der Waals surface area contributed by atoms with Gasteiger partial charge in [-0.2, -0.15) is 0 Å². The zero-order valence-corrected chi connectivity index (χ0v) is 23.4. The minimum atomic E-state index is -1.23. The predicted octanol–water partition coefficient (Wildman–Crippen LogP) is 2.32. The number of morpholine rings is 1. The van der Waals surface area contributed by atoms with Gasteiger partial charge in [0.25, 0.3) is 5.91 Å². The summed E-state index contributed by atoms with van der Waals surface area (Å²) in [4.78, 5) is 29.7. The molecule has 0 unspecified atom stereocenters. The van der Waals surface area contributed by atoms with Crippen molar-refractivity contribution in [2.45, 2.75) is 45.3 Å². The molecule has 1 aliphatic carbocycles. The van der Waals surface area contributed by atoms with Crippen LogP contribution in [-0.4, -0.2) is 98.7 Å². The van der Waals surface area contributed by atoms with Crippen molar-refractivity contribution in [3.63, 3.8) is 0 Å². The van der Waals surface area contributed by atoms with Crippen molar-refractivity contribution in [3.05, 3.63) is 58.7 Å². The number of benzene rings is 2. The maximum absolute atomic E-state index is 13.0. The Balaban J connectivity index is 0.000000531. The van der Waals surface area contributed by atoms with Gasteiger partial charge in [-0.3, -0.25) is 4.79 Å². The third kappa shape index (κ3) is 7.50. The monoisotopic (exact) mass is 538 g/mol. The quantitative estimate of drug-likeness (QED) is 0.533. The van der Waals surface area contributed by atoms with E-state index in [9.17, 15) is 9.59 Å². The molecule has 0 bridgehead atoms. The Hall–Kier alpha value is -3.14. The Labute approximate surface area is 231 Å². The average molecular weight is 539 g/mol. The van der Waals surface area contributed by atoms with Crippen LogP contribution in [0.5, 0.6) is 0 Å². The zero-order valence-electron chi connectivity index (χ0n) is 23.4. The molecule has 2 aliphatic heterocycles. The number of amides is 1. The number of carboxylic acids is 1. The molecule has 0 aromatic heterocycles. The summed E-state index contributed by atoms with van der Waals surface area (Å²) in [6.07, 6.45) is 1.71. The molecule has 2 aromatic rings. The largest absolute Gasteiger partial charge is 0.479 e. The van der Waals surface area contributed by atoms with E-state index in [2.05, 4.69) is 58.3 Å². The second-order valence-electron chi connectivity index (χ2n) is 10.7. The molecule has 2 aromatic carbocycles. The second kappa shape index (κ2) is 13.3. The first kappa shape index (κ1) is 28.9. The number of carboxylic acid groups (broad SMARTS) is 1. The lowest BCUT2D eigenvalue weighted by Crippen LogP contribution is -2.45. The highest BCUT2D eigenvalue weighted by Crippen LogP contribution is 2.33. The van der Waals surface area contributed by atoms with Gasteiger partial charge in [0.05, 0.1) is 13.2 Å². The lowest BCUT2D eigenvalue weighted by atomic mass is 9.84. The van der Waals surface area contributed by atoms with Gasteiger partial charge in [-0.15, -0.1) is 0 Å². The van der Waals surface area contributed by atoms with E-state index in [1.54, 1.807) is 0 Å². The Morgan fingerprint density at radius 1 is 0.949 bits per heavy atom. The number of carbonyl (C=O) groups excluding carboxylic acids is 1. The summed E-state index contributed by atoms with van der Waals surface area (Å²) in [5, 5.41) is 19.1. The normalized spacial score (nSPS) is 20.4. The van der Waals surface area contributed by atoms with Crippen LogP contribution in [0.25, 0.3) is 0 Å². The highest BCUT2D eigenvalue weighted by Gasteiger charge is 2.27. The standard InChI is InChI=1S/C27H36N4O2.C3H6O3/c1-20-3-10-26(31-13-11-29(2)12-14-31)25-19-22(6-9-24(20)25)28-27(32)21-4-7-23(8-5-21)30-15-17-33-18-16-30;1-2(4)3(5)6/h3-5,7-8,10,22H,6,9,11-19H2,1-2H3,(H,28,32);2,4H,1H3,(H,5,6)/t22-;2-/m10/s1. The smallest absolute Gasteiger partial charge is 0.332 e. The van der Waals surface area contributed by atoms with Crippen LogP contribution in [0.15, 0.2) is 36.4 Å². The maximum atomic E-state index is 13.0. The minimum absolute atomic E-state index is 0.0331. The Morgan fingerprint density at radius 2 is 1.59 bits per heavy atom. The number of piperazine rings is 1. The fraction of sp³-hybridized carbons (Fsp3) is 0.533. The van der Waals surface area contributed by atoms with Gasteiger partial charge in [0.1, 0.15) is 6.10 Å². The number of rotatable bonds is 5. The molecule has 39 heavy (non-hydrogen) atoms. The van der Waals surface area contributed by atoms with E-state index in [0.717, 1.165) is 83.0 Å². The van der Waals surface area contributed by atoms with Crippen molar-refractivity contribution < 1.29 is 24.5 Å². The Morgan fingerprint density at radius 3 is 2.21 bits per heavy atom. The second-order valence-corrected chi connectivity index (χ2v) is 10.7. The molecule has 1 amide bonds. The van der Waals surface area contributed by atoms with Crippen LogP contribution in [-0.2, 0) is 22.4 Å². The summed E-state index contributed by atoms with van der Waals surface area (Å²) in [7, 11) is 2.20. The third-order valence-corrected chi connectivity index (χ3v) is 7.88. The summed E-state index contributed by atoms with van der Waals surface area (Å²) < 4.78 is 5.44. The molecule has 9 heteroatoms. The van der Waals surface area contributed by atoms with Crippen molar-refractivity contribution in [3.8, 4) is 0 Å². The number of aliphatic hydroxyl groups excluding tert-OH is 1. The summed E-state index contributed by atoms with van der Waals surface area (Å²) in [6.45, 7) is 11.1. The molecule has 212 valence electrons. The van der Waals surface area contributed by atoms with Crippen molar-refractivity contribution in [1.29, 1.82) is 0 Å². The molecule has 0 radical (unpaired) electrons. The molecule has 2 fully saturated rings. The maximum Gasteiger partial charge on any atom is 0.332 e. The number of fused-ring (bicyclic) bond motifs is 1. The molecule has 9 nitrogen and oxygen atoms in total. The number of anilines is 2. The van der Waals surface area contributed by atoms with E-state index in [0.29, 0.717) is 0 Å². The van der Waals surface area contributed by atoms with Crippen molar-refractivity contribution in [2.75, 3.05) is 69.3 Å². The van der Waals surface area contributed by atoms with Crippen LogP contribution in [0.2, 0.25) is 0 Å².